The van der Waals surface area contributed by atoms with Gasteiger partial charge in [-0.3, -0.25) is 0 Å². The summed E-state index contributed by atoms with van der Waals surface area (Å²) in [5, 5.41) is 14.4. The number of aromatic nitrogens is 4. The number of rotatable bonds is 2. The first-order valence-electron chi connectivity index (χ1n) is 7.49. The summed E-state index contributed by atoms with van der Waals surface area (Å²) in [5.74, 6) is 1.04. The number of halogens is 1. The number of aliphatic hydroxyl groups excluding tert-OH is 1. The van der Waals surface area contributed by atoms with Crippen LogP contribution in [0.25, 0.3) is 5.78 Å². The van der Waals surface area contributed by atoms with Gasteiger partial charge >= 0.3 is 0 Å². The number of aliphatic hydroxyl groups is 1. The summed E-state index contributed by atoms with van der Waals surface area (Å²) >= 11 is 0. The molecule has 23 heavy (non-hydrogen) atoms. The number of aryl methyl sites for hydroxylation is 1. The van der Waals surface area contributed by atoms with Crippen LogP contribution in [0, 0.1) is 12.7 Å². The summed E-state index contributed by atoms with van der Waals surface area (Å²) in [6.07, 6.45) is 1.52. The van der Waals surface area contributed by atoms with Crippen LogP contribution in [0.5, 0.6) is 0 Å². The molecule has 6 nitrogen and oxygen atoms in total. The van der Waals surface area contributed by atoms with Gasteiger partial charge in [0.25, 0.3) is 5.78 Å². The van der Waals surface area contributed by atoms with Crippen molar-refractivity contribution >= 4 is 11.6 Å². The number of nitrogens with zero attached hydrogens (tertiary/aromatic N) is 5. The van der Waals surface area contributed by atoms with E-state index in [0.717, 1.165) is 17.1 Å². The molecule has 0 aliphatic carbocycles. The maximum Gasteiger partial charge on any atom is 0.254 e. The normalized spacial score (nSPS) is 21.3. The lowest BCUT2D eigenvalue weighted by Gasteiger charge is -2.27. The van der Waals surface area contributed by atoms with Crippen LogP contribution in [-0.4, -0.2) is 37.3 Å². The molecule has 7 heteroatoms. The first-order valence-corrected chi connectivity index (χ1v) is 7.49. The molecular weight excluding hydrogens is 297 g/mol. The number of hydrogen-bond donors (Lipinski definition) is 1. The zero-order chi connectivity index (χ0) is 16.0. The molecule has 1 aliphatic heterocycles. The molecule has 1 fully saturated rings. The monoisotopic (exact) mass is 313 g/mol. The molecule has 4 rings (SSSR count). The molecule has 3 aromatic rings. The van der Waals surface area contributed by atoms with Crippen LogP contribution in [0.2, 0.25) is 0 Å². The highest BCUT2D eigenvalue weighted by molar-refractivity contribution is 5.50. The second-order valence-corrected chi connectivity index (χ2v) is 5.84. The summed E-state index contributed by atoms with van der Waals surface area (Å²) in [5.41, 5.74) is 1.66. The smallest absolute Gasteiger partial charge is 0.254 e. The molecule has 1 saturated heterocycles. The molecule has 0 unspecified atom stereocenters. The molecule has 0 radical (unpaired) electrons. The van der Waals surface area contributed by atoms with E-state index in [2.05, 4.69) is 15.1 Å². The van der Waals surface area contributed by atoms with Gasteiger partial charge in [0.05, 0.1) is 12.1 Å². The van der Waals surface area contributed by atoms with Crippen LogP contribution in [-0.2, 0) is 0 Å². The van der Waals surface area contributed by atoms with E-state index in [1.54, 1.807) is 10.6 Å². The van der Waals surface area contributed by atoms with Crippen molar-refractivity contribution in [2.75, 3.05) is 11.4 Å². The van der Waals surface area contributed by atoms with Gasteiger partial charge in [-0.1, -0.05) is 12.1 Å². The van der Waals surface area contributed by atoms with Gasteiger partial charge in [0.15, 0.2) is 0 Å². The molecule has 2 atom stereocenters. The van der Waals surface area contributed by atoms with Gasteiger partial charge in [-0.2, -0.15) is 14.6 Å². The minimum absolute atomic E-state index is 0.116. The van der Waals surface area contributed by atoms with Crippen molar-refractivity contribution in [2.45, 2.75) is 25.5 Å². The van der Waals surface area contributed by atoms with Gasteiger partial charge in [0.1, 0.15) is 18.0 Å². The lowest BCUT2D eigenvalue weighted by atomic mass is 10.0. The van der Waals surface area contributed by atoms with E-state index < -0.39 is 6.10 Å². The predicted octanol–water partition coefficient (Wildman–Crippen LogP) is 1.88. The van der Waals surface area contributed by atoms with Gasteiger partial charge < -0.3 is 10.0 Å². The molecule has 0 amide bonds. The molecule has 3 heterocycles. The molecule has 0 bridgehead atoms. The van der Waals surface area contributed by atoms with Crippen LogP contribution >= 0.6 is 0 Å². The average Bonchev–Trinajstić information content (AvgIpc) is 3.12. The van der Waals surface area contributed by atoms with Crippen molar-refractivity contribution in [1.82, 2.24) is 19.6 Å². The Labute approximate surface area is 132 Å². The lowest BCUT2D eigenvalue weighted by molar-refractivity contribution is 0.194. The van der Waals surface area contributed by atoms with E-state index in [1.165, 1.54) is 18.5 Å². The quantitative estimate of drug-likeness (QED) is 0.782. The highest BCUT2D eigenvalue weighted by Crippen LogP contribution is 2.36. The molecular formula is C16H16FN5O. The van der Waals surface area contributed by atoms with Crippen LogP contribution in [0.3, 0.4) is 0 Å². The van der Waals surface area contributed by atoms with Gasteiger partial charge in [-0.25, -0.2) is 9.37 Å². The maximum absolute atomic E-state index is 13.6. The van der Waals surface area contributed by atoms with Crippen molar-refractivity contribution in [3.63, 3.8) is 0 Å². The average molecular weight is 313 g/mol. The topological polar surface area (TPSA) is 66.5 Å². The fraction of sp³-hybridized carbons (Fsp3) is 0.312. The second kappa shape index (κ2) is 5.27. The number of anilines is 1. The van der Waals surface area contributed by atoms with Gasteiger partial charge in [-0.15, -0.1) is 0 Å². The van der Waals surface area contributed by atoms with Gasteiger partial charge in [0.2, 0.25) is 0 Å². The first kappa shape index (κ1) is 14.1. The minimum Gasteiger partial charge on any atom is -0.391 e. The van der Waals surface area contributed by atoms with Crippen molar-refractivity contribution in [2.24, 2.45) is 0 Å². The molecule has 118 valence electrons. The van der Waals surface area contributed by atoms with Crippen molar-refractivity contribution in [1.29, 1.82) is 0 Å². The summed E-state index contributed by atoms with van der Waals surface area (Å²) in [7, 11) is 0. The van der Waals surface area contributed by atoms with E-state index in [9.17, 15) is 9.50 Å². The largest absolute Gasteiger partial charge is 0.391 e. The summed E-state index contributed by atoms with van der Waals surface area (Å²) in [6.45, 7) is 2.35. The zero-order valence-electron chi connectivity index (χ0n) is 12.6. The molecule has 0 saturated carbocycles. The highest BCUT2D eigenvalue weighted by Gasteiger charge is 2.34. The van der Waals surface area contributed by atoms with Crippen LogP contribution in [0.4, 0.5) is 10.2 Å². The fourth-order valence-electron chi connectivity index (χ4n) is 3.21. The van der Waals surface area contributed by atoms with E-state index >= 15 is 0 Å². The maximum atomic E-state index is 13.6. The second-order valence-electron chi connectivity index (χ2n) is 5.84. The van der Waals surface area contributed by atoms with Crippen LogP contribution in [0.1, 0.15) is 23.7 Å². The Morgan fingerprint density at radius 2 is 2.17 bits per heavy atom. The zero-order valence-corrected chi connectivity index (χ0v) is 12.6. The number of fused-ring (bicyclic) bond motifs is 1. The minimum atomic E-state index is -0.477. The molecule has 1 aromatic carbocycles. The Morgan fingerprint density at radius 1 is 1.30 bits per heavy atom. The van der Waals surface area contributed by atoms with E-state index in [1.807, 2.05) is 24.0 Å². The number of hydrogen-bond acceptors (Lipinski definition) is 5. The fourth-order valence-corrected chi connectivity index (χ4v) is 3.21. The highest BCUT2D eigenvalue weighted by atomic mass is 19.1. The van der Waals surface area contributed by atoms with Crippen LogP contribution in [0.15, 0.2) is 36.7 Å². The molecule has 2 aromatic heterocycles. The van der Waals surface area contributed by atoms with E-state index in [4.69, 9.17) is 0 Å². The van der Waals surface area contributed by atoms with Crippen molar-refractivity contribution in [3.8, 4) is 0 Å². The van der Waals surface area contributed by atoms with Crippen molar-refractivity contribution in [3.05, 3.63) is 53.7 Å². The standard InChI is InChI=1S/C16H16FN5O/c1-10-5-15(22-16(20-10)18-9-19-22)21-8-13(23)7-14(21)11-3-2-4-12(17)6-11/h2-6,9,13-14,23H,7-8H2,1H3/t13-,14-/m1/s1. The Morgan fingerprint density at radius 3 is 3.00 bits per heavy atom. The summed E-state index contributed by atoms with van der Waals surface area (Å²) in [6, 6.07) is 8.30. The predicted molar refractivity (Wildman–Crippen MR) is 82.6 cm³/mol. The Kier molecular flexibility index (Phi) is 3.23. The molecule has 1 N–H and O–H groups in total. The molecule has 1 aliphatic rings. The Bertz CT molecular complexity index is 865. The third-order valence-corrected chi connectivity index (χ3v) is 4.17. The lowest BCUT2D eigenvalue weighted by Crippen LogP contribution is -2.27. The summed E-state index contributed by atoms with van der Waals surface area (Å²) in [4.78, 5) is 10.5. The van der Waals surface area contributed by atoms with Gasteiger partial charge in [0, 0.05) is 18.3 Å². The van der Waals surface area contributed by atoms with E-state index in [0.29, 0.717) is 18.7 Å². The van der Waals surface area contributed by atoms with Gasteiger partial charge in [-0.05, 0) is 31.0 Å². The van der Waals surface area contributed by atoms with Crippen molar-refractivity contribution < 1.29 is 9.50 Å². The SMILES string of the molecule is Cc1cc(N2C[C@H](O)C[C@@H]2c2cccc(F)c2)n2ncnc2n1. The summed E-state index contributed by atoms with van der Waals surface area (Å²) < 4.78 is 15.2. The number of β-amino-alcohol motifs (C(OH)–C–C–N with tert-alkyl or cyclic N) is 1. The van der Waals surface area contributed by atoms with Crippen LogP contribution < -0.4 is 4.90 Å². The third-order valence-electron chi connectivity index (χ3n) is 4.17. The first-order chi connectivity index (χ1) is 11.1. The third kappa shape index (κ3) is 2.43. The molecule has 0 spiro atoms. The number of benzene rings is 1. The van der Waals surface area contributed by atoms with E-state index in [-0.39, 0.29) is 11.9 Å². The Hall–Kier alpha value is -2.54. The Balaban J connectivity index is 1.83.